The van der Waals surface area contributed by atoms with Crippen LogP contribution in [-0.4, -0.2) is 0 Å². The molecule has 0 saturated carbocycles. The fourth-order valence-electron chi connectivity index (χ4n) is 13.2. The van der Waals surface area contributed by atoms with Crippen molar-refractivity contribution in [3.63, 3.8) is 0 Å². The molecule has 0 bridgehead atoms. The van der Waals surface area contributed by atoms with Gasteiger partial charge in [-0.3, -0.25) is 0 Å². The third-order valence-electron chi connectivity index (χ3n) is 16.0. The molecule has 11 aromatic carbocycles. The van der Waals surface area contributed by atoms with Gasteiger partial charge in [-0.2, -0.15) is 0 Å². The molecule has 0 unspecified atom stereocenters. The molecule has 0 saturated heterocycles. The van der Waals surface area contributed by atoms with Crippen molar-refractivity contribution in [3.8, 4) is 33.4 Å². The molecule has 72 heavy (non-hydrogen) atoms. The van der Waals surface area contributed by atoms with Crippen molar-refractivity contribution in [2.24, 2.45) is 0 Å². The van der Waals surface area contributed by atoms with Gasteiger partial charge in [0.15, 0.2) is 0 Å². The number of benzene rings is 11. The van der Waals surface area contributed by atoms with Gasteiger partial charge in [-0.05, 0) is 139 Å². The molecular formula is C68H41NOS2. The zero-order valence-electron chi connectivity index (χ0n) is 38.8. The molecule has 1 aromatic heterocycles. The number of para-hydroxylation sites is 2. The molecule has 4 heteroatoms. The highest BCUT2D eigenvalue weighted by Crippen LogP contribution is 2.65. The van der Waals surface area contributed by atoms with Crippen LogP contribution in [0.4, 0.5) is 17.1 Å². The van der Waals surface area contributed by atoms with Crippen LogP contribution < -0.4 is 4.90 Å². The molecule has 336 valence electrons. The Morgan fingerprint density at radius 1 is 0.292 bits per heavy atom. The molecule has 2 aliphatic heterocycles. The summed E-state index contributed by atoms with van der Waals surface area (Å²) in [6.07, 6.45) is 0. The van der Waals surface area contributed by atoms with E-state index >= 15 is 0 Å². The minimum atomic E-state index is -0.516. The average molecular weight is 952 g/mol. The second-order valence-electron chi connectivity index (χ2n) is 19.4. The van der Waals surface area contributed by atoms with Crippen LogP contribution >= 0.6 is 23.5 Å². The fraction of sp³-hybridized carbons (Fsp3) is 0.0294. The first-order chi connectivity index (χ1) is 35.7. The van der Waals surface area contributed by atoms with Crippen LogP contribution in [0, 0.1) is 0 Å². The number of hydrogen-bond donors (Lipinski definition) is 0. The first-order valence-electron chi connectivity index (χ1n) is 24.7. The van der Waals surface area contributed by atoms with Crippen LogP contribution in [0.3, 0.4) is 0 Å². The van der Waals surface area contributed by atoms with Crippen molar-refractivity contribution < 1.29 is 4.42 Å². The van der Waals surface area contributed by atoms with Crippen molar-refractivity contribution in [2.45, 2.75) is 30.4 Å². The summed E-state index contributed by atoms with van der Waals surface area (Å²) in [7, 11) is 0. The van der Waals surface area contributed by atoms with E-state index in [9.17, 15) is 0 Å². The van der Waals surface area contributed by atoms with E-state index in [1.165, 1.54) is 86.3 Å². The first-order valence-corrected chi connectivity index (χ1v) is 26.4. The summed E-state index contributed by atoms with van der Waals surface area (Å²) in [5.41, 5.74) is 22.0. The van der Waals surface area contributed by atoms with E-state index in [0.717, 1.165) is 50.1 Å². The van der Waals surface area contributed by atoms with Crippen LogP contribution in [-0.2, 0) is 10.8 Å². The topological polar surface area (TPSA) is 16.4 Å². The SMILES string of the molecule is c1ccc2c(c1)Sc1ccccc1C21c2ccccc2-c2ccc(N(c3ccc(-c4cccc5c4oc4ccccc45)cc3)c3ccc4c(c3)C3(c5ccccc5Sc5ccccc53)c3ccccc3-4)cc21. The standard InChI is InChI=1S/C68H41NOS2/c1-4-21-53-47(16-1)49-38-36-44(40-59(49)67(53)55-23-6-11-28-62(55)71-63-29-12-7-24-56(63)67)69(43-34-32-42(33-35-43)46-19-15-20-52-51-18-3-10-27-61(51)70-66(46)52)45-37-39-50-48-17-2-5-22-54(48)68(60(50)41-45)57-25-8-13-30-64(57)72-65-31-14-9-26-58(65)68/h1-41H. The van der Waals surface area contributed by atoms with Gasteiger partial charge in [-0.1, -0.05) is 206 Å². The molecule has 0 amide bonds. The zero-order valence-corrected chi connectivity index (χ0v) is 40.5. The molecule has 0 radical (unpaired) electrons. The van der Waals surface area contributed by atoms with Crippen molar-refractivity contribution in [2.75, 3.05) is 4.90 Å². The fourth-order valence-corrected chi connectivity index (χ4v) is 15.6. The predicted molar refractivity (Wildman–Crippen MR) is 297 cm³/mol. The summed E-state index contributed by atoms with van der Waals surface area (Å²) < 4.78 is 6.59. The van der Waals surface area contributed by atoms with E-state index < -0.39 is 10.8 Å². The highest BCUT2D eigenvalue weighted by Gasteiger charge is 2.52. The number of furan rings is 1. The quantitative estimate of drug-likeness (QED) is 0.175. The Kier molecular flexibility index (Phi) is 8.49. The molecule has 2 aliphatic carbocycles. The van der Waals surface area contributed by atoms with Gasteiger partial charge in [0.25, 0.3) is 0 Å². The highest BCUT2D eigenvalue weighted by molar-refractivity contribution is 7.99. The Morgan fingerprint density at radius 2 is 0.681 bits per heavy atom. The summed E-state index contributed by atoms with van der Waals surface area (Å²) in [6.45, 7) is 0. The highest BCUT2D eigenvalue weighted by atomic mass is 32.2. The molecular weight excluding hydrogens is 911 g/mol. The monoisotopic (exact) mass is 951 g/mol. The van der Waals surface area contributed by atoms with Crippen LogP contribution in [0.15, 0.2) is 273 Å². The van der Waals surface area contributed by atoms with Crippen molar-refractivity contribution >= 4 is 62.5 Å². The molecule has 2 nitrogen and oxygen atoms in total. The number of hydrogen-bond acceptors (Lipinski definition) is 4. The Morgan fingerprint density at radius 3 is 1.19 bits per heavy atom. The van der Waals surface area contributed by atoms with Crippen molar-refractivity contribution in [1.29, 1.82) is 0 Å². The molecule has 0 atom stereocenters. The largest absolute Gasteiger partial charge is 0.455 e. The Bertz CT molecular complexity index is 3970. The van der Waals surface area contributed by atoms with Crippen molar-refractivity contribution in [3.05, 3.63) is 293 Å². The van der Waals surface area contributed by atoms with Crippen LogP contribution in [0.25, 0.3) is 55.3 Å². The third-order valence-corrected chi connectivity index (χ3v) is 18.3. The van der Waals surface area contributed by atoms with Gasteiger partial charge in [0.1, 0.15) is 11.2 Å². The van der Waals surface area contributed by atoms with Crippen LogP contribution in [0.2, 0.25) is 0 Å². The van der Waals surface area contributed by atoms with Gasteiger partial charge in [0.05, 0.1) is 10.8 Å². The minimum Gasteiger partial charge on any atom is -0.455 e. The van der Waals surface area contributed by atoms with E-state index in [1.54, 1.807) is 0 Å². The van der Waals surface area contributed by atoms with Gasteiger partial charge in [-0.15, -0.1) is 0 Å². The van der Waals surface area contributed by atoms with E-state index in [1.807, 2.05) is 29.6 Å². The molecule has 0 fully saturated rings. The molecule has 0 N–H and O–H groups in total. The number of rotatable bonds is 4. The minimum absolute atomic E-state index is 0.516. The third kappa shape index (κ3) is 5.33. The number of fused-ring (bicyclic) bond motifs is 21. The van der Waals surface area contributed by atoms with Gasteiger partial charge in [0.2, 0.25) is 0 Å². The summed E-state index contributed by atoms with van der Waals surface area (Å²) in [5, 5.41) is 2.26. The molecule has 12 aromatic rings. The zero-order chi connectivity index (χ0) is 47.1. The second kappa shape index (κ2) is 15.1. The van der Waals surface area contributed by atoms with Gasteiger partial charge >= 0.3 is 0 Å². The molecule has 16 rings (SSSR count). The first kappa shape index (κ1) is 40.4. The van der Waals surface area contributed by atoms with Crippen LogP contribution in [0.1, 0.15) is 44.5 Å². The number of anilines is 3. The maximum Gasteiger partial charge on any atom is 0.143 e. The summed E-state index contributed by atoms with van der Waals surface area (Å²) in [5.74, 6) is 0. The average Bonchev–Trinajstić information content (AvgIpc) is 4.07. The summed E-state index contributed by atoms with van der Waals surface area (Å²) in [4.78, 5) is 7.69. The second-order valence-corrected chi connectivity index (χ2v) is 21.6. The van der Waals surface area contributed by atoms with Gasteiger partial charge in [0, 0.05) is 53.0 Å². The lowest BCUT2D eigenvalue weighted by Crippen LogP contribution is -2.32. The Hall–Kier alpha value is -8.28. The lowest BCUT2D eigenvalue weighted by Gasteiger charge is -2.40. The maximum atomic E-state index is 6.59. The summed E-state index contributed by atoms with van der Waals surface area (Å²) in [6, 6.07) is 93.1. The predicted octanol–water partition coefficient (Wildman–Crippen LogP) is 18.4. The Balaban J connectivity index is 0.954. The normalized spacial score (nSPS) is 14.5. The van der Waals surface area contributed by atoms with Crippen LogP contribution in [0.5, 0.6) is 0 Å². The van der Waals surface area contributed by atoms with E-state index in [4.69, 9.17) is 4.42 Å². The maximum absolute atomic E-state index is 6.59. The van der Waals surface area contributed by atoms with Crippen molar-refractivity contribution in [1.82, 2.24) is 0 Å². The van der Waals surface area contributed by atoms with Gasteiger partial charge in [-0.25, -0.2) is 0 Å². The van der Waals surface area contributed by atoms with Gasteiger partial charge < -0.3 is 9.32 Å². The lowest BCUT2D eigenvalue weighted by molar-refractivity contribution is 0.670. The van der Waals surface area contributed by atoms with E-state index in [2.05, 4.69) is 248 Å². The summed E-state index contributed by atoms with van der Waals surface area (Å²) >= 11 is 3.77. The molecule has 2 spiro atoms. The van der Waals surface area contributed by atoms with E-state index in [-0.39, 0.29) is 0 Å². The lowest BCUT2D eigenvalue weighted by atomic mass is 9.67. The smallest absolute Gasteiger partial charge is 0.143 e. The number of nitrogens with zero attached hydrogens (tertiary/aromatic N) is 1. The molecule has 4 aliphatic rings. The van der Waals surface area contributed by atoms with E-state index in [0.29, 0.717) is 0 Å². The Labute approximate surface area is 426 Å². The molecule has 3 heterocycles.